The Kier molecular flexibility index (Phi) is 4.32. The van der Waals surface area contributed by atoms with E-state index < -0.39 is 0 Å². The average Bonchev–Trinajstić information content (AvgIpc) is 2.60. The summed E-state index contributed by atoms with van der Waals surface area (Å²) in [6.07, 6.45) is 4.01. The van der Waals surface area contributed by atoms with Gasteiger partial charge in [0, 0.05) is 21.5 Å². The largest absolute Gasteiger partial charge is 0.309 e. The SMILES string of the molecule is CC1(C)CCCC1NCc1ccc(Br)c(Br)c1. The van der Waals surface area contributed by atoms with Crippen molar-refractivity contribution in [3.05, 3.63) is 32.7 Å². The minimum absolute atomic E-state index is 0.451. The maximum absolute atomic E-state index is 3.70. The maximum Gasteiger partial charge on any atom is 0.0320 e. The zero-order valence-electron chi connectivity index (χ0n) is 10.4. The van der Waals surface area contributed by atoms with Crippen molar-refractivity contribution in [1.29, 1.82) is 0 Å². The van der Waals surface area contributed by atoms with Crippen LogP contribution in [0.15, 0.2) is 27.1 Å². The van der Waals surface area contributed by atoms with E-state index in [-0.39, 0.29) is 0 Å². The van der Waals surface area contributed by atoms with Crippen LogP contribution in [0, 0.1) is 5.41 Å². The number of hydrogen-bond acceptors (Lipinski definition) is 1. The third kappa shape index (κ3) is 3.33. The summed E-state index contributed by atoms with van der Waals surface area (Å²) in [5.41, 5.74) is 1.79. The molecule has 94 valence electrons. The van der Waals surface area contributed by atoms with Crippen molar-refractivity contribution in [2.24, 2.45) is 5.41 Å². The van der Waals surface area contributed by atoms with Gasteiger partial charge in [0.1, 0.15) is 0 Å². The van der Waals surface area contributed by atoms with Crippen LogP contribution in [0.5, 0.6) is 0 Å². The third-order valence-corrected chi connectivity index (χ3v) is 5.67. The highest BCUT2D eigenvalue weighted by atomic mass is 79.9. The van der Waals surface area contributed by atoms with E-state index in [1.807, 2.05) is 0 Å². The average molecular weight is 361 g/mol. The molecule has 0 spiro atoms. The molecule has 0 aromatic heterocycles. The van der Waals surface area contributed by atoms with Crippen LogP contribution in [0.1, 0.15) is 38.7 Å². The topological polar surface area (TPSA) is 12.0 Å². The number of hydrogen-bond donors (Lipinski definition) is 1. The van der Waals surface area contributed by atoms with Gasteiger partial charge >= 0.3 is 0 Å². The van der Waals surface area contributed by atoms with Crippen LogP contribution in [0.25, 0.3) is 0 Å². The summed E-state index contributed by atoms with van der Waals surface area (Å²) in [5, 5.41) is 3.70. The van der Waals surface area contributed by atoms with Gasteiger partial charge in [-0.3, -0.25) is 0 Å². The van der Waals surface area contributed by atoms with Crippen LogP contribution in [-0.2, 0) is 6.54 Å². The molecule has 1 aliphatic rings. The van der Waals surface area contributed by atoms with E-state index in [1.54, 1.807) is 0 Å². The highest BCUT2D eigenvalue weighted by Crippen LogP contribution is 2.37. The van der Waals surface area contributed by atoms with E-state index in [4.69, 9.17) is 0 Å². The molecular formula is C14H19Br2N. The Morgan fingerprint density at radius 1 is 1.29 bits per heavy atom. The molecule has 0 saturated heterocycles. The van der Waals surface area contributed by atoms with Crippen LogP contribution in [-0.4, -0.2) is 6.04 Å². The van der Waals surface area contributed by atoms with Crippen molar-refractivity contribution >= 4 is 31.9 Å². The van der Waals surface area contributed by atoms with Gasteiger partial charge in [-0.15, -0.1) is 0 Å². The van der Waals surface area contributed by atoms with Gasteiger partial charge in [0.2, 0.25) is 0 Å². The number of nitrogens with one attached hydrogen (secondary N) is 1. The second-order valence-corrected chi connectivity index (χ2v) is 7.27. The van der Waals surface area contributed by atoms with E-state index in [1.165, 1.54) is 24.8 Å². The molecule has 17 heavy (non-hydrogen) atoms. The predicted octanol–water partition coefficient (Wildman–Crippen LogP) is 4.88. The lowest BCUT2D eigenvalue weighted by Gasteiger charge is -2.28. The first-order valence-electron chi connectivity index (χ1n) is 6.16. The van der Waals surface area contributed by atoms with Crippen LogP contribution in [0.2, 0.25) is 0 Å². The minimum Gasteiger partial charge on any atom is -0.309 e. The molecule has 0 radical (unpaired) electrons. The standard InChI is InChI=1S/C14H19Br2N/c1-14(2)7-3-4-13(14)17-9-10-5-6-11(15)12(16)8-10/h5-6,8,13,17H,3-4,7,9H2,1-2H3. The van der Waals surface area contributed by atoms with Gasteiger partial charge in [0.15, 0.2) is 0 Å². The highest BCUT2D eigenvalue weighted by Gasteiger charge is 2.33. The number of halogens is 2. The van der Waals surface area contributed by atoms with Crippen molar-refractivity contribution in [3.8, 4) is 0 Å². The van der Waals surface area contributed by atoms with Gasteiger partial charge in [-0.25, -0.2) is 0 Å². The summed E-state index contributed by atoms with van der Waals surface area (Å²) in [7, 11) is 0. The molecule has 1 N–H and O–H groups in total. The van der Waals surface area contributed by atoms with Gasteiger partial charge in [-0.05, 0) is 67.8 Å². The first kappa shape index (κ1) is 13.6. The second kappa shape index (κ2) is 5.41. The summed E-state index contributed by atoms with van der Waals surface area (Å²) >= 11 is 7.04. The van der Waals surface area contributed by atoms with Crippen LogP contribution >= 0.6 is 31.9 Å². The molecule has 1 saturated carbocycles. The van der Waals surface area contributed by atoms with Crippen molar-refractivity contribution in [2.75, 3.05) is 0 Å². The Bertz CT molecular complexity index is 401. The molecule has 0 aliphatic heterocycles. The van der Waals surface area contributed by atoms with Crippen LogP contribution in [0.3, 0.4) is 0 Å². The van der Waals surface area contributed by atoms with Crippen LogP contribution < -0.4 is 5.32 Å². The van der Waals surface area contributed by atoms with E-state index >= 15 is 0 Å². The van der Waals surface area contributed by atoms with Crippen LogP contribution in [0.4, 0.5) is 0 Å². The molecule has 2 rings (SSSR count). The summed E-state index contributed by atoms with van der Waals surface area (Å²) < 4.78 is 2.24. The molecule has 1 atom stereocenters. The molecule has 0 bridgehead atoms. The summed E-state index contributed by atoms with van der Waals surface area (Å²) in [6.45, 7) is 5.70. The van der Waals surface area contributed by atoms with Crippen molar-refractivity contribution < 1.29 is 0 Å². The zero-order valence-corrected chi connectivity index (χ0v) is 13.6. The first-order valence-corrected chi connectivity index (χ1v) is 7.75. The van der Waals surface area contributed by atoms with Gasteiger partial charge < -0.3 is 5.32 Å². The molecule has 3 heteroatoms. The fraction of sp³-hybridized carbons (Fsp3) is 0.571. The lowest BCUT2D eigenvalue weighted by Crippen LogP contribution is -2.37. The first-order chi connectivity index (χ1) is 7.99. The maximum atomic E-state index is 3.70. The molecular weight excluding hydrogens is 342 g/mol. The van der Waals surface area contributed by atoms with Gasteiger partial charge in [-0.1, -0.05) is 26.3 Å². The monoisotopic (exact) mass is 359 g/mol. The third-order valence-electron chi connectivity index (χ3n) is 3.79. The van der Waals surface area contributed by atoms with Gasteiger partial charge in [0.25, 0.3) is 0 Å². The molecule has 1 aromatic carbocycles. The van der Waals surface area contributed by atoms with E-state index in [0.29, 0.717) is 11.5 Å². The lowest BCUT2D eigenvalue weighted by atomic mass is 9.87. The summed E-state index contributed by atoms with van der Waals surface area (Å²) in [6, 6.07) is 7.11. The molecule has 0 heterocycles. The van der Waals surface area contributed by atoms with E-state index in [2.05, 4.69) is 69.2 Å². The second-order valence-electron chi connectivity index (χ2n) is 5.56. The minimum atomic E-state index is 0.451. The Hall–Kier alpha value is 0.140. The number of rotatable bonds is 3. The molecule has 1 nitrogen and oxygen atoms in total. The summed E-state index contributed by atoms with van der Waals surface area (Å²) in [5.74, 6) is 0. The Balaban J connectivity index is 1.96. The molecule has 1 unspecified atom stereocenters. The predicted molar refractivity (Wildman–Crippen MR) is 80.1 cm³/mol. The van der Waals surface area contributed by atoms with Gasteiger partial charge in [-0.2, -0.15) is 0 Å². The Labute approximate surface area is 121 Å². The lowest BCUT2D eigenvalue weighted by molar-refractivity contribution is 0.282. The Morgan fingerprint density at radius 3 is 2.65 bits per heavy atom. The van der Waals surface area contributed by atoms with Crippen molar-refractivity contribution in [1.82, 2.24) is 5.32 Å². The highest BCUT2D eigenvalue weighted by molar-refractivity contribution is 9.13. The van der Waals surface area contributed by atoms with E-state index in [9.17, 15) is 0 Å². The van der Waals surface area contributed by atoms with E-state index in [0.717, 1.165) is 15.5 Å². The Morgan fingerprint density at radius 2 is 2.06 bits per heavy atom. The zero-order chi connectivity index (χ0) is 12.5. The van der Waals surface area contributed by atoms with Gasteiger partial charge in [0.05, 0.1) is 0 Å². The normalized spacial score (nSPS) is 22.9. The molecule has 1 fully saturated rings. The smallest absolute Gasteiger partial charge is 0.0320 e. The molecule has 1 aliphatic carbocycles. The van der Waals surface area contributed by atoms with Crippen molar-refractivity contribution in [2.45, 2.75) is 45.7 Å². The summed E-state index contributed by atoms with van der Waals surface area (Å²) in [4.78, 5) is 0. The fourth-order valence-electron chi connectivity index (χ4n) is 2.60. The number of benzene rings is 1. The quantitative estimate of drug-likeness (QED) is 0.809. The fourth-order valence-corrected chi connectivity index (χ4v) is 3.27. The van der Waals surface area contributed by atoms with Crippen molar-refractivity contribution in [3.63, 3.8) is 0 Å². The molecule has 1 aromatic rings. The molecule has 0 amide bonds.